The molecule has 0 fully saturated rings. The lowest BCUT2D eigenvalue weighted by atomic mass is 9.91. The molecule has 0 saturated carbocycles. The molecule has 0 spiro atoms. The topological polar surface area (TPSA) is 9.23 Å². The van der Waals surface area contributed by atoms with Crippen LogP contribution >= 0.6 is 0 Å². The van der Waals surface area contributed by atoms with E-state index in [1.165, 1.54) is 12.8 Å². The third-order valence-corrected chi connectivity index (χ3v) is 2.06. The van der Waals surface area contributed by atoms with Crippen LogP contribution in [0, 0.1) is 0 Å². The molecular formula is C9H14O. The van der Waals surface area contributed by atoms with E-state index in [-0.39, 0.29) is 5.60 Å². The molecule has 56 valence electrons. The van der Waals surface area contributed by atoms with Crippen molar-refractivity contribution in [2.75, 3.05) is 7.11 Å². The average molecular weight is 138 g/mol. The SMILES string of the molecule is C=CC1(OC)C=CCCC1. The smallest absolute Gasteiger partial charge is 0.104 e. The van der Waals surface area contributed by atoms with Gasteiger partial charge < -0.3 is 4.74 Å². The standard InChI is InChI=1S/C9H14O/c1-3-9(10-2)7-5-4-6-8-9/h3,5,7H,1,4,6,8H2,2H3. The molecule has 1 nitrogen and oxygen atoms in total. The molecule has 0 aromatic carbocycles. The van der Waals surface area contributed by atoms with E-state index in [1.807, 2.05) is 6.08 Å². The third kappa shape index (κ3) is 1.29. The van der Waals surface area contributed by atoms with Gasteiger partial charge in [-0.1, -0.05) is 24.8 Å². The van der Waals surface area contributed by atoms with Gasteiger partial charge in [0.25, 0.3) is 0 Å². The van der Waals surface area contributed by atoms with Crippen LogP contribution in [0.5, 0.6) is 0 Å². The fourth-order valence-electron chi connectivity index (χ4n) is 1.29. The summed E-state index contributed by atoms with van der Waals surface area (Å²) in [6.45, 7) is 3.75. The summed E-state index contributed by atoms with van der Waals surface area (Å²) >= 11 is 0. The van der Waals surface area contributed by atoms with Crippen LogP contribution in [0.4, 0.5) is 0 Å². The van der Waals surface area contributed by atoms with Gasteiger partial charge in [0.05, 0.1) is 0 Å². The number of allylic oxidation sites excluding steroid dienone is 1. The maximum atomic E-state index is 5.32. The van der Waals surface area contributed by atoms with Gasteiger partial charge in [-0.15, -0.1) is 0 Å². The van der Waals surface area contributed by atoms with E-state index in [9.17, 15) is 0 Å². The van der Waals surface area contributed by atoms with Crippen LogP contribution in [-0.2, 0) is 4.74 Å². The van der Waals surface area contributed by atoms with Crippen LogP contribution in [0.15, 0.2) is 24.8 Å². The molecule has 0 N–H and O–H groups in total. The van der Waals surface area contributed by atoms with E-state index in [1.54, 1.807) is 7.11 Å². The van der Waals surface area contributed by atoms with Crippen molar-refractivity contribution < 1.29 is 4.74 Å². The van der Waals surface area contributed by atoms with Gasteiger partial charge in [-0.05, 0) is 19.3 Å². The van der Waals surface area contributed by atoms with Gasteiger partial charge in [-0.2, -0.15) is 0 Å². The Balaban J connectivity index is 2.70. The van der Waals surface area contributed by atoms with Gasteiger partial charge in [0.2, 0.25) is 0 Å². The Morgan fingerprint density at radius 2 is 2.50 bits per heavy atom. The number of rotatable bonds is 2. The van der Waals surface area contributed by atoms with Crippen LogP contribution in [0.3, 0.4) is 0 Å². The summed E-state index contributed by atoms with van der Waals surface area (Å²) in [5, 5.41) is 0. The van der Waals surface area contributed by atoms with Crippen LogP contribution in [0.25, 0.3) is 0 Å². The average Bonchev–Trinajstić information content (AvgIpc) is 2.06. The van der Waals surface area contributed by atoms with Crippen molar-refractivity contribution in [2.45, 2.75) is 24.9 Å². The number of methoxy groups -OCH3 is 1. The summed E-state index contributed by atoms with van der Waals surface area (Å²) in [4.78, 5) is 0. The van der Waals surface area contributed by atoms with E-state index in [4.69, 9.17) is 4.74 Å². The molecule has 0 saturated heterocycles. The maximum Gasteiger partial charge on any atom is 0.104 e. The Morgan fingerprint density at radius 3 is 2.80 bits per heavy atom. The van der Waals surface area contributed by atoms with Crippen molar-refractivity contribution in [3.05, 3.63) is 24.8 Å². The zero-order valence-corrected chi connectivity index (χ0v) is 6.47. The Kier molecular flexibility index (Phi) is 2.28. The first-order valence-corrected chi connectivity index (χ1v) is 3.69. The second kappa shape index (κ2) is 3.02. The highest BCUT2D eigenvalue weighted by atomic mass is 16.5. The fraction of sp³-hybridized carbons (Fsp3) is 0.556. The molecule has 10 heavy (non-hydrogen) atoms. The summed E-state index contributed by atoms with van der Waals surface area (Å²) < 4.78 is 5.32. The minimum Gasteiger partial charge on any atom is -0.370 e. The minimum absolute atomic E-state index is 0.155. The lowest BCUT2D eigenvalue weighted by Gasteiger charge is -2.27. The molecule has 0 amide bonds. The van der Waals surface area contributed by atoms with Crippen molar-refractivity contribution >= 4 is 0 Å². The molecule has 1 aliphatic carbocycles. The van der Waals surface area contributed by atoms with Crippen LogP contribution < -0.4 is 0 Å². The summed E-state index contributed by atoms with van der Waals surface area (Å²) in [5.74, 6) is 0. The second-order valence-corrected chi connectivity index (χ2v) is 2.66. The van der Waals surface area contributed by atoms with E-state index < -0.39 is 0 Å². The lowest BCUT2D eigenvalue weighted by Crippen LogP contribution is -2.27. The Bertz CT molecular complexity index is 149. The molecule has 0 aromatic heterocycles. The molecule has 0 radical (unpaired) electrons. The van der Waals surface area contributed by atoms with E-state index in [0.717, 1.165) is 6.42 Å². The highest BCUT2D eigenvalue weighted by Crippen LogP contribution is 2.25. The first-order valence-electron chi connectivity index (χ1n) is 3.69. The molecule has 1 aliphatic rings. The summed E-state index contributed by atoms with van der Waals surface area (Å²) in [6.07, 6.45) is 9.60. The molecule has 0 heterocycles. The van der Waals surface area contributed by atoms with Crippen LogP contribution in [-0.4, -0.2) is 12.7 Å². The highest BCUT2D eigenvalue weighted by Gasteiger charge is 2.23. The number of ether oxygens (including phenoxy) is 1. The predicted octanol–water partition coefficient (Wildman–Crippen LogP) is 2.30. The zero-order valence-electron chi connectivity index (χ0n) is 6.47. The third-order valence-electron chi connectivity index (χ3n) is 2.06. The molecule has 0 bridgehead atoms. The van der Waals surface area contributed by atoms with E-state index in [2.05, 4.69) is 18.7 Å². The number of hydrogen-bond donors (Lipinski definition) is 0. The molecule has 1 unspecified atom stereocenters. The summed E-state index contributed by atoms with van der Waals surface area (Å²) in [5.41, 5.74) is -0.155. The van der Waals surface area contributed by atoms with Gasteiger partial charge in [0.1, 0.15) is 5.60 Å². The van der Waals surface area contributed by atoms with Crippen LogP contribution in [0.1, 0.15) is 19.3 Å². The maximum absolute atomic E-state index is 5.32. The van der Waals surface area contributed by atoms with Gasteiger partial charge in [-0.3, -0.25) is 0 Å². The normalized spacial score (nSPS) is 32.1. The second-order valence-electron chi connectivity index (χ2n) is 2.66. The van der Waals surface area contributed by atoms with E-state index >= 15 is 0 Å². The Hall–Kier alpha value is -0.560. The number of hydrogen-bond acceptors (Lipinski definition) is 1. The van der Waals surface area contributed by atoms with Gasteiger partial charge in [0.15, 0.2) is 0 Å². The van der Waals surface area contributed by atoms with Gasteiger partial charge >= 0.3 is 0 Å². The Morgan fingerprint density at radius 1 is 1.70 bits per heavy atom. The first kappa shape index (κ1) is 7.55. The molecule has 1 heteroatoms. The molecule has 1 rings (SSSR count). The predicted molar refractivity (Wildman–Crippen MR) is 42.9 cm³/mol. The van der Waals surface area contributed by atoms with Gasteiger partial charge in [-0.25, -0.2) is 0 Å². The van der Waals surface area contributed by atoms with Crippen molar-refractivity contribution in [3.63, 3.8) is 0 Å². The quantitative estimate of drug-likeness (QED) is 0.532. The summed E-state index contributed by atoms with van der Waals surface area (Å²) in [7, 11) is 1.73. The molecular weight excluding hydrogens is 124 g/mol. The minimum atomic E-state index is -0.155. The van der Waals surface area contributed by atoms with Crippen molar-refractivity contribution in [1.29, 1.82) is 0 Å². The molecule has 0 aliphatic heterocycles. The highest BCUT2D eigenvalue weighted by molar-refractivity contribution is 5.14. The zero-order chi connectivity index (χ0) is 7.45. The van der Waals surface area contributed by atoms with Gasteiger partial charge in [0, 0.05) is 7.11 Å². The van der Waals surface area contributed by atoms with Crippen LogP contribution in [0.2, 0.25) is 0 Å². The molecule has 0 aromatic rings. The monoisotopic (exact) mass is 138 g/mol. The van der Waals surface area contributed by atoms with Crippen molar-refractivity contribution in [1.82, 2.24) is 0 Å². The largest absolute Gasteiger partial charge is 0.370 e. The van der Waals surface area contributed by atoms with Crippen molar-refractivity contribution in [2.24, 2.45) is 0 Å². The summed E-state index contributed by atoms with van der Waals surface area (Å²) in [6, 6.07) is 0. The Labute approximate surface area is 62.4 Å². The van der Waals surface area contributed by atoms with Crippen molar-refractivity contribution in [3.8, 4) is 0 Å². The fourth-order valence-corrected chi connectivity index (χ4v) is 1.29. The first-order chi connectivity index (χ1) is 4.83. The molecule has 1 atom stereocenters. The van der Waals surface area contributed by atoms with E-state index in [0.29, 0.717) is 0 Å². The lowest BCUT2D eigenvalue weighted by molar-refractivity contribution is 0.0616.